The number of alkyl halides is 3. The first-order chi connectivity index (χ1) is 18.0. The first-order valence-electron chi connectivity index (χ1n) is 10.9. The summed E-state index contributed by atoms with van der Waals surface area (Å²) in [4.78, 5) is 33.7. The topological polar surface area (TPSA) is 130 Å². The average molecular weight is 617 g/mol. The Labute approximate surface area is 225 Å². The largest absolute Gasteiger partial charge is 0.461 e. The van der Waals surface area contributed by atoms with Gasteiger partial charge in [0, 0.05) is 16.8 Å². The minimum Gasteiger partial charge on any atom is -0.461 e. The molecule has 0 spiro atoms. The molecule has 11 nitrogen and oxygen atoms in total. The normalized spacial score (nSPS) is 12.5. The fraction of sp³-hybridized carbons (Fsp3) is 0.273. The number of benzene rings is 1. The van der Waals surface area contributed by atoms with Crippen LogP contribution in [0, 0.1) is 0 Å². The van der Waals surface area contributed by atoms with Crippen molar-refractivity contribution in [2.24, 2.45) is 0 Å². The second-order valence-electron chi connectivity index (χ2n) is 7.74. The highest BCUT2D eigenvalue weighted by Gasteiger charge is 2.39. The molecule has 0 unspecified atom stereocenters. The van der Waals surface area contributed by atoms with Gasteiger partial charge in [0.1, 0.15) is 12.2 Å². The number of carbonyl (C=O) groups excluding carboxylic acids is 1. The molecular weight excluding hydrogens is 599 g/mol. The molecule has 0 saturated carbocycles. The molecule has 0 aliphatic carbocycles. The summed E-state index contributed by atoms with van der Waals surface area (Å²) in [5.74, 6) is -0.760. The number of hydrogen-bond acceptors (Lipinski definition) is 8. The summed E-state index contributed by atoms with van der Waals surface area (Å²) in [6.45, 7) is 0.357. The zero-order chi connectivity index (χ0) is 27.6. The predicted octanol–water partition coefficient (Wildman–Crippen LogP) is 3.25. The zero-order valence-corrected chi connectivity index (χ0v) is 21.8. The van der Waals surface area contributed by atoms with Gasteiger partial charge in [-0.1, -0.05) is 11.6 Å². The third-order valence-corrected chi connectivity index (χ3v) is 5.91. The van der Waals surface area contributed by atoms with Gasteiger partial charge in [0.2, 0.25) is 0 Å². The summed E-state index contributed by atoms with van der Waals surface area (Å²) in [6, 6.07) is 9.06. The van der Waals surface area contributed by atoms with Crippen LogP contribution < -0.4 is 5.69 Å². The number of rotatable bonds is 8. The fourth-order valence-corrected chi connectivity index (χ4v) is 4.01. The molecule has 38 heavy (non-hydrogen) atoms. The van der Waals surface area contributed by atoms with Crippen LogP contribution in [0.5, 0.6) is 0 Å². The number of ether oxygens (including phenoxy) is 1. The van der Waals surface area contributed by atoms with Gasteiger partial charge in [-0.05, 0) is 59.3 Å². The average Bonchev–Trinajstić information content (AvgIpc) is 3.38. The molecule has 0 radical (unpaired) electrons. The summed E-state index contributed by atoms with van der Waals surface area (Å²) in [7, 11) is 0. The van der Waals surface area contributed by atoms with E-state index in [1.54, 1.807) is 19.1 Å². The molecule has 3 heterocycles. The van der Waals surface area contributed by atoms with Crippen molar-refractivity contribution in [2.45, 2.75) is 32.3 Å². The quantitative estimate of drug-likeness (QED) is 0.299. The van der Waals surface area contributed by atoms with Crippen LogP contribution in [0.1, 0.15) is 23.2 Å². The molecule has 16 heteroatoms. The van der Waals surface area contributed by atoms with Crippen LogP contribution in [0.15, 0.2) is 52.1 Å². The Bertz CT molecular complexity index is 1520. The van der Waals surface area contributed by atoms with Crippen LogP contribution in [0.3, 0.4) is 0 Å². The summed E-state index contributed by atoms with van der Waals surface area (Å²) < 4.78 is 47.3. The lowest BCUT2D eigenvalue weighted by Crippen LogP contribution is -2.37. The van der Waals surface area contributed by atoms with E-state index in [0.717, 1.165) is 4.68 Å². The van der Waals surface area contributed by atoms with E-state index >= 15 is 0 Å². The molecule has 1 N–H and O–H groups in total. The van der Waals surface area contributed by atoms with Crippen molar-refractivity contribution in [3.05, 3.63) is 74.4 Å². The minimum atomic E-state index is -4.95. The van der Waals surface area contributed by atoms with Gasteiger partial charge in [0.05, 0.1) is 13.2 Å². The Morgan fingerprint density at radius 1 is 1.21 bits per heavy atom. The SMILES string of the molecule is CCOC(=O)c1ncccc1-n1nc(Cn2nc(-c3ccc(Cl)cc3)n(C[C@H](O)C(F)(F)F)c2=O)nc1Br. The van der Waals surface area contributed by atoms with Gasteiger partial charge in [0.15, 0.2) is 28.2 Å². The van der Waals surface area contributed by atoms with Gasteiger partial charge in [-0.15, -0.1) is 10.2 Å². The number of pyridine rings is 1. The maximum absolute atomic E-state index is 13.1. The van der Waals surface area contributed by atoms with E-state index in [1.807, 2.05) is 0 Å². The minimum absolute atomic E-state index is 0.0286. The van der Waals surface area contributed by atoms with Crippen molar-refractivity contribution < 1.29 is 27.8 Å². The molecule has 3 aromatic heterocycles. The number of hydrogen-bond donors (Lipinski definition) is 1. The van der Waals surface area contributed by atoms with E-state index in [9.17, 15) is 27.9 Å². The Balaban J connectivity index is 1.73. The van der Waals surface area contributed by atoms with Crippen molar-refractivity contribution in [1.82, 2.24) is 34.1 Å². The maximum Gasteiger partial charge on any atom is 0.416 e. The molecule has 4 aromatic rings. The van der Waals surface area contributed by atoms with Crippen molar-refractivity contribution in [2.75, 3.05) is 6.61 Å². The van der Waals surface area contributed by atoms with Crippen molar-refractivity contribution >= 4 is 33.5 Å². The Morgan fingerprint density at radius 3 is 2.58 bits per heavy atom. The van der Waals surface area contributed by atoms with E-state index in [1.165, 1.54) is 35.1 Å². The van der Waals surface area contributed by atoms with Crippen LogP contribution >= 0.6 is 27.5 Å². The van der Waals surface area contributed by atoms with E-state index in [-0.39, 0.29) is 40.9 Å². The van der Waals surface area contributed by atoms with Crippen molar-refractivity contribution in [1.29, 1.82) is 0 Å². The molecule has 0 fully saturated rings. The third-order valence-electron chi connectivity index (χ3n) is 5.14. The molecule has 1 aromatic carbocycles. The van der Waals surface area contributed by atoms with E-state index < -0.39 is 30.5 Å². The smallest absolute Gasteiger partial charge is 0.416 e. The summed E-state index contributed by atoms with van der Waals surface area (Å²) in [6.07, 6.45) is -6.35. The first-order valence-corrected chi connectivity index (χ1v) is 12.1. The number of aliphatic hydroxyl groups excluding tert-OH is 1. The van der Waals surface area contributed by atoms with E-state index in [0.29, 0.717) is 15.2 Å². The van der Waals surface area contributed by atoms with Crippen molar-refractivity contribution in [3.63, 3.8) is 0 Å². The second-order valence-corrected chi connectivity index (χ2v) is 8.88. The van der Waals surface area contributed by atoms with Crippen LogP contribution in [0.25, 0.3) is 17.1 Å². The highest BCUT2D eigenvalue weighted by atomic mass is 79.9. The van der Waals surface area contributed by atoms with Gasteiger partial charge in [-0.3, -0.25) is 4.57 Å². The highest BCUT2D eigenvalue weighted by Crippen LogP contribution is 2.24. The Hall–Kier alpha value is -3.56. The second kappa shape index (κ2) is 11.0. The van der Waals surface area contributed by atoms with Crippen LogP contribution in [-0.4, -0.2) is 64.1 Å². The number of nitrogens with zero attached hydrogens (tertiary/aromatic N) is 7. The Kier molecular flexibility index (Phi) is 7.99. The first kappa shape index (κ1) is 27.5. The lowest BCUT2D eigenvalue weighted by molar-refractivity contribution is -0.207. The number of halogens is 5. The van der Waals surface area contributed by atoms with E-state index in [4.69, 9.17) is 16.3 Å². The molecule has 200 valence electrons. The lowest BCUT2D eigenvalue weighted by Gasteiger charge is -2.15. The number of esters is 1. The van der Waals surface area contributed by atoms with Crippen molar-refractivity contribution in [3.8, 4) is 17.1 Å². The summed E-state index contributed by atoms with van der Waals surface area (Å²) >= 11 is 9.15. The molecule has 0 saturated heterocycles. The third kappa shape index (κ3) is 5.79. The van der Waals surface area contributed by atoms with E-state index in [2.05, 4.69) is 36.1 Å². The van der Waals surface area contributed by atoms with Gasteiger partial charge in [-0.2, -0.15) is 13.2 Å². The molecule has 0 bridgehead atoms. The number of carbonyl (C=O) groups is 1. The van der Waals surface area contributed by atoms with Crippen LogP contribution in [0.2, 0.25) is 5.02 Å². The van der Waals surface area contributed by atoms with Gasteiger partial charge < -0.3 is 9.84 Å². The lowest BCUT2D eigenvalue weighted by atomic mass is 10.2. The molecular formula is C22H18BrClF3N7O4. The molecule has 0 aliphatic heterocycles. The molecule has 4 rings (SSSR count). The van der Waals surface area contributed by atoms with Crippen LogP contribution in [-0.2, 0) is 17.8 Å². The molecule has 0 aliphatic rings. The highest BCUT2D eigenvalue weighted by molar-refractivity contribution is 9.10. The Morgan fingerprint density at radius 2 is 1.92 bits per heavy atom. The molecule has 0 amide bonds. The predicted molar refractivity (Wildman–Crippen MR) is 131 cm³/mol. The number of aromatic nitrogens is 7. The summed E-state index contributed by atoms with van der Waals surface area (Å²) in [5.41, 5.74) is -0.420. The summed E-state index contributed by atoms with van der Waals surface area (Å²) in [5, 5.41) is 18.5. The zero-order valence-electron chi connectivity index (χ0n) is 19.4. The standard InChI is InChI=1S/C22H18BrClF3N7O4/c1-2-38-19(36)17-14(4-3-9-28-17)34-20(23)29-16(30-34)11-33-21(37)32(10-15(35)22(25,26)27)18(31-33)12-5-7-13(24)8-6-12/h3-9,15,35H,2,10-11H2,1H3/t15-/m0/s1. The number of aliphatic hydroxyl groups is 1. The monoisotopic (exact) mass is 615 g/mol. The van der Waals surface area contributed by atoms with Gasteiger partial charge in [-0.25, -0.2) is 28.9 Å². The van der Waals surface area contributed by atoms with Crippen LogP contribution in [0.4, 0.5) is 13.2 Å². The van der Waals surface area contributed by atoms with Gasteiger partial charge in [0.25, 0.3) is 0 Å². The fourth-order valence-electron chi connectivity index (χ4n) is 3.41. The maximum atomic E-state index is 13.1. The van der Waals surface area contributed by atoms with Gasteiger partial charge >= 0.3 is 17.8 Å². The molecule has 1 atom stereocenters.